The van der Waals surface area contributed by atoms with Gasteiger partial charge in [-0.1, -0.05) is 6.07 Å². The summed E-state index contributed by atoms with van der Waals surface area (Å²) in [6.07, 6.45) is 0. The molecule has 0 fully saturated rings. The number of nitrogens with one attached hydrogen (secondary N) is 2. The first-order valence-corrected chi connectivity index (χ1v) is 8.93. The molecule has 6 nitrogen and oxygen atoms in total. The van der Waals surface area contributed by atoms with E-state index < -0.39 is 29.0 Å². The van der Waals surface area contributed by atoms with E-state index >= 15 is 0 Å². The second kappa shape index (κ2) is 7.58. The average molecular weight is 387 g/mol. The molecule has 1 aromatic heterocycles. The SMILES string of the molecule is Cc1ccc(F)c(NC(=O)c2c(C)c(C(=O)C(=O)NC(C)(C)C)n(C)c2C)c1. The lowest BCUT2D eigenvalue weighted by Crippen LogP contribution is -2.44. The highest BCUT2D eigenvalue weighted by molar-refractivity contribution is 6.43. The van der Waals surface area contributed by atoms with Crippen molar-refractivity contribution in [2.24, 2.45) is 7.05 Å². The van der Waals surface area contributed by atoms with Crippen molar-refractivity contribution in [3.63, 3.8) is 0 Å². The molecular weight excluding hydrogens is 361 g/mol. The van der Waals surface area contributed by atoms with Crippen LogP contribution in [0.25, 0.3) is 0 Å². The smallest absolute Gasteiger partial charge is 0.294 e. The molecule has 0 aliphatic heterocycles. The molecule has 2 amide bonds. The van der Waals surface area contributed by atoms with Crippen LogP contribution in [0.4, 0.5) is 10.1 Å². The van der Waals surface area contributed by atoms with Gasteiger partial charge >= 0.3 is 0 Å². The molecule has 0 saturated carbocycles. The molecular formula is C21H26FN3O3. The minimum atomic E-state index is -0.743. The van der Waals surface area contributed by atoms with E-state index in [0.717, 1.165) is 5.56 Å². The Hall–Kier alpha value is -2.96. The van der Waals surface area contributed by atoms with Gasteiger partial charge in [0.05, 0.1) is 16.9 Å². The number of halogens is 1. The number of carbonyl (C=O) groups excluding carboxylic acids is 3. The van der Waals surface area contributed by atoms with Gasteiger partial charge in [0, 0.05) is 18.3 Å². The molecule has 0 radical (unpaired) electrons. The third kappa shape index (κ3) is 4.30. The van der Waals surface area contributed by atoms with Crippen LogP contribution in [0.5, 0.6) is 0 Å². The summed E-state index contributed by atoms with van der Waals surface area (Å²) in [7, 11) is 1.62. The summed E-state index contributed by atoms with van der Waals surface area (Å²) in [5, 5.41) is 5.19. The van der Waals surface area contributed by atoms with E-state index in [1.165, 1.54) is 16.7 Å². The first-order valence-electron chi connectivity index (χ1n) is 8.93. The predicted molar refractivity (Wildman–Crippen MR) is 106 cm³/mol. The Morgan fingerprint density at radius 3 is 2.25 bits per heavy atom. The van der Waals surface area contributed by atoms with Crippen LogP contribution >= 0.6 is 0 Å². The molecule has 7 heteroatoms. The number of anilines is 1. The van der Waals surface area contributed by atoms with E-state index in [-0.39, 0.29) is 16.9 Å². The Morgan fingerprint density at radius 2 is 1.68 bits per heavy atom. The third-order valence-corrected chi connectivity index (χ3v) is 4.44. The highest BCUT2D eigenvalue weighted by Gasteiger charge is 2.30. The molecule has 2 aromatic rings. The van der Waals surface area contributed by atoms with Crippen LogP contribution in [0, 0.1) is 26.6 Å². The molecule has 0 saturated heterocycles. The number of aromatic nitrogens is 1. The number of Topliss-reactive ketones (excluding diaryl/α,β-unsaturated/α-hetero) is 1. The van der Waals surface area contributed by atoms with Crippen molar-refractivity contribution in [1.82, 2.24) is 9.88 Å². The number of rotatable bonds is 4. The fraction of sp³-hybridized carbons (Fsp3) is 0.381. The molecule has 0 spiro atoms. The summed E-state index contributed by atoms with van der Waals surface area (Å²) in [6.45, 7) is 10.4. The predicted octanol–water partition coefficient (Wildman–Crippen LogP) is 3.44. The number of nitrogens with zero attached hydrogens (tertiary/aromatic N) is 1. The molecule has 2 N–H and O–H groups in total. The van der Waals surface area contributed by atoms with Crippen LogP contribution in [0.1, 0.15) is 58.4 Å². The first-order chi connectivity index (χ1) is 12.8. The Morgan fingerprint density at radius 1 is 1.07 bits per heavy atom. The van der Waals surface area contributed by atoms with Gasteiger partial charge in [-0.15, -0.1) is 0 Å². The van der Waals surface area contributed by atoms with Crippen LogP contribution in [0.3, 0.4) is 0 Å². The van der Waals surface area contributed by atoms with Gasteiger partial charge in [0.25, 0.3) is 17.6 Å². The summed E-state index contributed by atoms with van der Waals surface area (Å²) in [5.41, 5.74) is 1.56. The van der Waals surface area contributed by atoms with Crippen molar-refractivity contribution in [2.75, 3.05) is 5.32 Å². The summed E-state index contributed by atoms with van der Waals surface area (Å²) < 4.78 is 15.5. The largest absolute Gasteiger partial charge is 0.345 e. The number of ketones is 1. The normalized spacial score (nSPS) is 11.3. The van der Waals surface area contributed by atoms with Crippen LogP contribution in [-0.2, 0) is 11.8 Å². The zero-order valence-corrected chi connectivity index (χ0v) is 17.3. The van der Waals surface area contributed by atoms with Gasteiger partial charge in [0.1, 0.15) is 5.82 Å². The van der Waals surface area contributed by atoms with Crippen LogP contribution in [-0.4, -0.2) is 27.7 Å². The molecule has 0 atom stereocenters. The lowest BCUT2D eigenvalue weighted by atomic mass is 10.1. The standard InChI is InChI=1S/C21H26FN3O3/c1-11-8-9-14(22)15(10-11)23-19(27)16-12(2)17(25(7)13(16)3)18(26)20(28)24-21(4,5)6/h8-10H,1-7H3,(H,23,27)(H,24,28). The molecule has 28 heavy (non-hydrogen) atoms. The highest BCUT2D eigenvalue weighted by atomic mass is 19.1. The van der Waals surface area contributed by atoms with Gasteiger partial charge in [0.2, 0.25) is 0 Å². The van der Waals surface area contributed by atoms with E-state index in [9.17, 15) is 18.8 Å². The number of hydrogen-bond donors (Lipinski definition) is 2. The maximum Gasteiger partial charge on any atom is 0.294 e. The Labute approximate surface area is 164 Å². The number of hydrogen-bond acceptors (Lipinski definition) is 3. The summed E-state index contributed by atoms with van der Waals surface area (Å²) in [6, 6.07) is 4.42. The highest BCUT2D eigenvalue weighted by Crippen LogP contribution is 2.24. The number of benzene rings is 1. The summed E-state index contributed by atoms with van der Waals surface area (Å²) >= 11 is 0. The first kappa shape index (κ1) is 21.3. The lowest BCUT2D eigenvalue weighted by molar-refractivity contribution is -0.118. The molecule has 2 rings (SSSR count). The van der Waals surface area contributed by atoms with Crippen molar-refractivity contribution in [1.29, 1.82) is 0 Å². The minimum absolute atomic E-state index is 0.0611. The second-order valence-electron chi connectivity index (χ2n) is 7.96. The van der Waals surface area contributed by atoms with Crippen molar-refractivity contribution in [2.45, 2.75) is 47.1 Å². The van der Waals surface area contributed by atoms with E-state index in [2.05, 4.69) is 10.6 Å². The van der Waals surface area contributed by atoms with Crippen LogP contribution < -0.4 is 10.6 Å². The maximum absolute atomic E-state index is 14.0. The maximum atomic E-state index is 14.0. The van der Waals surface area contributed by atoms with Crippen molar-refractivity contribution in [3.05, 3.63) is 52.1 Å². The van der Waals surface area contributed by atoms with Crippen molar-refractivity contribution in [3.8, 4) is 0 Å². The molecule has 1 heterocycles. The molecule has 0 unspecified atom stereocenters. The molecule has 1 aromatic carbocycles. The number of carbonyl (C=O) groups is 3. The molecule has 150 valence electrons. The van der Waals surface area contributed by atoms with Gasteiger partial charge in [-0.05, 0) is 64.8 Å². The minimum Gasteiger partial charge on any atom is -0.345 e. The third-order valence-electron chi connectivity index (χ3n) is 4.44. The fourth-order valence-corrected chi connectivity index (χ4v) is 3.06. The van der Waals surface area contributed by atoms with E-state index in [0.29, 0.717) is 11.3 Å². The molecule has 0 aliphatic carbocycles. The zero-order chi connectivity index (χ0) is 21.4. The van der Waals surface area contributed by atoms with Gasteiger partial charge in [0.15, 0.2) is 0 Å². The van der Waals surface area contributed by atoms with Crippen molar-refractivity contribution < 1.29 is 18.8 Å². The Balaban J connectivity index is 2.41. The van der Waals surface area contributed by atoms with Gasteiger partial charge in [-0.25, -0.2) is 4.39 Å². The average Bonchev–Trinajstić information content (AvgIpc) is 2.78. The van der Waals surface area contributed by atoms with Gasteiger partial charge in [-0.3, -0.25) is 14.4 Å². The monoisotopic (exact) mass is 387 g/mol. The number of aryl methyl sites for hydroxylation is 1. The topological polar surface area (TPSA) is 80.2 Å². The van der Waals surface area contributed by atoms with E-state index in [1.54, 1.807) is 54.7 Å². The Bertz CT molecular complexity index is 968. The fourth-order valence-electron chi connectivity index (χ4n) is 3.06. The zero-order valence-electron chi connectivity index (χ0n) is 17.3. The molecule has 0 aliphatic rings. The van der Waals surface area contributed by atoms with Gasteiger partial charge < -0.3 is 15.2 Å². The second-order valence-corrected chi connectivity index (χ2v) is 7.96. The summed E-state index contributed by atoms with van der Waals surface area (Å²) in [5.74, 6) is -2.55. The summed E-state index contributed by atoms with van der Waals surface area (Å²) in [4.78, 5) is 37.8. The number of amides is 2. The van der Waals surface area contributed by atoms with Crippen LogP contribution in [0.15, 0.2) is 18.2 Å². The van der Waals surface area contributed by atoms with E-state index in [4.69, 9.17) is 0 Å². The molecule has 0 bridgehead atoms. The van der Waals surface area contributed by atoms with E-state index in [1.807, 2.05) is 0 Å². The van der Waals surface area contributed by atoms with Crippen LogP contribution in [0.2, 0.25) is 0 Å². The Kier molecular flexibility index (Phi) is 5.77. The van der Waals surface area contributed by atoms with Crippen molar-refractivity contribution >= 4 is 23.3 Å². The van der Waals surface area contributed by atoms with Gasteiger partial charge in [-0.2, -0.15) is 0 Å². The quantitative estimate of drug-likeness (QED) is 0.623. The lowest BCUT2D eigenvalue weighted by Gasteiger charge is -2.20.